The number of aromatic nitrogens is 4. The first-order valence-corrected chi connectivity index (χ1v) is 11.9. The van der Waals surface area contributed by atoms with Crippen molar-refractivity contribution in [2.75, 3.05) is 0 Å². The number of aryl methyl sites for hydroxylation is 2. The smallest absolute Gasteiger partial charge is 0.371 e. The molecule has 11 nitrogen and oxygen atoms in total. The summed E-state index contributed by atoms with van der Waals surface area (Å²) >= 11 is 19.3. The molecule has 32 heavy (non-hydrogen) atoms. The SMILES string of the molecule is CC(=O)C(=O)O.Cc1nc#c[nH]c1=O.Cc1nc#cnc1Cl.NC#CN.O=P(Cl)(Cl)Cl.[W]. The number of aliphatic carboxylic acids is 1. The third-order valence-corrected chi connectivity index (χ3v) is 2.25. The van der Waals surface area contributed by atoms with Gasteiger partial charge in [-0.3, -0.25) is 19.1 Å². The number of carbonyl (C=O) groups excluding carboxylic acids is 1. The van der Waals surface area contributed by atoms with Crippen molar-refractivity contribution < 1.29 is 40.3 Å². The molecule has 0 atom stereocenters. The van der Waals surface area contributed by atoms with Crippen LogP contribution in [0.4, 0.5) is 0 Å². The maximum atomic E-state index is 10.4. The second-order valence-corrected chi connectivity index (χ2v) is 11.3. The maximum absolute atomic E-state index is 10.4. The minimum Gasteiger partial charge on any atom is -0.476 e. The maximum Gasteiger partial charge on any atom is 0.371 e. The second-order valence-electron chi connectivity index (χ2n) is 4.26. The van der Waals surface area contributed by atoms with E-state index >= 15 is 0 Å². The zero-order chi connectivity index (χ0) is 25.0. The number of carbonyl (C=O) groups is 2. The molecule has 0 aliphatic carbocycles. The first-order chi connectivity index (χ1) is 14.2. The molecule has 0 amide bonds. The van der Waals surface area contributed by atoms with Crippen LogP contribution in [0.1, 0.15) is 18.3 Å². The number of H-pyrrole nitrogens is 1. The largest absolute Gasteiger partial charge is 0.476 e. The van der Waals surface area contributed by atoms with Gasteiger partial charge in [0.1, 0.15) is 5.69 Å². The number of hydrogen-bond acceptors (Lipinski definition) is 9. The number of nitrogens with zero attached hydrogens (tertiary/aromatic N) is 3. The van der Waals surface area contributed by atoms with E-state index in [1.807, 2.05) is 12.1 Å². The molecule has 0 aliphatic rings. The van der Waals surface area contributed by atoms with Crippen LogP contribution in [0, 0.1) is 50.7 Å². The van der Waals surface area contributed by atoms with E-state index in [1.165, 1.54) is 0 Å². The zero-order valence-electron chi connectivity index (χ0n) is 16.4. The van der Waals surface area contributed by atoms with E-state index < -0.39 is 17.0 Å². The number of rotatable bonds is 1. The summed E-state index contributed by atoms with van der Waals surface area (Å²) < 4.78 is 9.51. The number of nitrogens with one attached hydrogen (secondary N) is 1. The topological polar surface area (TPSA) is 195 Å². The molecule has 0 saturated carbocycles. The first kappa shape index (κ1) is 37.3. The van der Waals surface area contributed by atoms with Crippen LogP contribution in [0.15, 0.2) is 4.79 Å². The summed E-state index contributed by atoms with van der Waals surface area (Å²) in [5, 5.41) is 4.81. The number of carboxylic acids is 1. The number of ketones is 1. The molecule has 0 bridgehead atoms. The van der Waals surface area contributed by atoms with Gasteiger partial charge in [0.2, 0.25) is 5.78 Å². The van der Waals surface area contributed by atoms with Crippen molar-refractivity contribution in [3.63, 3.8) is 0 Å². The average molecular weight is 716 g/mol. The zero-order valence-corrected chi connectivity index (χ0v) is 23.3. The quantitative estimate of drug-likeness (QED) is 0.147. The summed E-state index contributed by atoms with van der Waals surface area (Å²) in [7, 11) is 0. The fourth-order valence-corrected chi connectivity index (χ4v) is 0.732. The molecule has 2 aromatic heterocycles. The summed E-state index contributed by atoms with van der Waals surface area (Å²) in [5.74, 6) is -2.20. The van der Waals surface area contributed by atoms with Crippen molar-refractivity contribution in [3.8, 4) is 12.1 Å². The Labute approximate surface area is 217 Å². The van der Waals surface area contributed by atoms with E-state index in [0.29, 0.717) is 16.5 Å². The molecule has 17 heteroatoms. The van der Waals surface area contributed by atoms with Gasteiger partial charge in [-0.2, -0.15) is 15.0 Å². The van der Waals surface area contributed by atoms with Crippen LogP contribution < -0.4 is 17.0 Å². The van der Waals surface area contributed by atoms with E-state index in [2.05, 4.69) is 89.9 Å². The van der Waals surface area contributed by atoms with Crippen molar-refractivity contribution in [2.24, 2.45) is 11.5 Å². The molecule has 0 spiro atoms. The summed E-state index contributed by atoms with van der Waals surface area (Å²) in [5.41, 5.74) is 9.98. The van der Waals surface area contributed by atoms with Gasteiger partial charge in [0.05, 0.1) is 24.3 Å². The van der Waals surface area contributed by atoms with Gasteiger partial charge in [-0.15, -0.1) is 0 Å². The van der Waals surface area contributed by atoms with Crippen LogP contribution in [-0.4, -0.2) is 36.8 Å². The van der Waals surface area contributed by atoms with Gasteiger partial charge in [-0.25, -0.2) is 4.79 Å². The van der Waals surface area contributed by atoms with Crippen molar-refractivity contribution in [3.05, 3.63) is 51.7 Å². The first-order valence-electron chi connectivity index (χ1n) is 7.13. The van der Waals surface area contributed by atoms with E-state index in [4.69, 9.17) is 16.7 Å². The molecule has 0 radical (unpaired) electrons. The fourth-order valence-electron chi connectivity index (χ4n) is 0.648. The van der Waals surface area contributed by atoms with Crippen LogP contribution in [0.25, 0.3) is 0 Å². The second kappa shape index (κ2) is 22.2. The van der Waals surface area contributed by atoms with Gasteiger partial charge < -0.3 is 16.6 Å². The van der Waals surface area contributed by atoms with Crippen LogP contribution in [0.2, 0.25) is 5.15 Å². The molecular weight excluding hydrogens is 701 g/mol. The molecular formula is C15H15Cl4N6O5PW. The Hall–Kier alpha value is -2.02. The van der Waals surface area contributed by atoms with Crippen LogP contribution in [-0.2, 0) is 35.2 Å². The third kappa shape index (κ3) is 32.6. The molecule has 0 aliphatic heterocycles. The van der Waals surface area contributed by atoms with Crippen LogP contribution >= 0.6 is 50.5 Å². The Morgan fingerprint density at radius 2 is 1.41 bits per heavy atom. The van der Waals surface area contributed by atoms with Gasteiger partial charge in [0.25, 0.3) is 5.56 Å². The number of hydrogen-bond donors (Lipinski definition) is 4. The molecule has 2 rings (SSSR count). The van der Waals surface area contributed by atoms with E-state index in [9.17, 15) is 18.9 Å². The van der Waals surface area contributed by atoms with Crippen LogP contribution in [0.5, 0.6) is 0 Å². The summed E-state index contributed by atoms with van der Waals surface area (Å²) in [6.45, 7) is 4.38. The van der Waals surface area contributed by atoms with Gasteiger partial charge in [0, 0.05) is 46.3 Å². The monoisotopic (exact) mass is 714 g/mol. The van der Waals surface area contributed by atoms with Gasteiger partial charge in [0.15, 0.2) is 5.15 Å². The minimum atomic E-state index is -3.22. The number of halogens is 4. The van der Waals surface area contributed by atoms with Crippen molar-refractivity contribution in [1.82, 2.24) is 19.9 Å². The predicted molar refractivity (Wildman–Crippen MR) is 116 cm³/mol. The number of Topliss-reactive ketones (excluding diaryl/α,β-unsaturated/α-hetero) is 1. The molecule has 0 aromatic carbocycles. The van der Waals surface area contributed by atoms with Crippen molar-refractivity contribution in [1.29, 1.82) is 0 Å². The number of aromatic amines is 1. The molecule has 0 saturated heterocycles. The van der Waals surface area contributed by atoms with Crippen LogP contribution in [0.3, 0.4) is 0 Å². The summed E-state index contributed by atoms with van der Waals surface area (Å²) in [6, 6.07) is 3.92. The van der Waals surface area contributed by atoms with Gasteiger partial charge in [-0.05, 0) is 47.6 Å². The Morgan fingerprint density at radius 1 is 1.03 bits per heavy atom. The Morgan fingerprint density at radius 3 is 1.59 bits per heavy atom. The minimum absolute atomic E-state index is 0. The molecule has 6 N–H and O–H groups in total. The number of nitrogens with two attached hydrogens (primary N) is 2. The van der Waals surface area contributed by atoms with Gasteiger partial charge >= 0.3 is 11.2 Å². The number of carboxylic acid groups (broad SMARTS) is 1. The predicted octanol–water partition coefficient (Wildman–Crippen LogP) is 2.01. The Balaban J connectivity index is -0.000000156. The third-order valence-electron chi connectivity index (χ3n) is 1.89. The molecule has 0 fully saturated rings. The summed E-state index contributed by atoms with van der Waals surface area (Å²) in [4.78, 5) is 42.5. The van der Waals surface area contributed by atoms with Crippen molar-refractivity contribution in [2.45, 2.75) is 20.8 Å². The normalized spacial score (nSPS) is 7.72. The fraction of sp³-hybridized carbons (Fsp3) is 0.200. The Bertz CT molecular complexity index is 933. The molecule has 174 valence electrons. The van der Waals surface area contributed by atoms with E-state index in [0.717, 1.165) is 6.92 Å². The van der Waals surface area contributed by atoms with E-state index in [1.54, 1.807) is 13.8 Å². The average Bonchev–Trinajstić information content (AvgIpc) is 2.66. The standard InChI is InChI=1S/C5H3ClN2.C5H4N2O.C3H4O3.C2H4N2.Cl3OP.W/c1-4-5(6)8-3-2-7-4;1-4-5(8)7-3-2-6-4;1-2(4)3(5)6;3-1-2-4;1-5(2,3)4;/h1H3;1H3,(H,7,8);1H3,(H,5,6);3-4H2;;. The molecule has 2 heterocycles. The van der Waals surface area contributed by atoms with Gasteiger partial charge in [-0.1, -0.05) is 11.6 Å². The summed E-state index contributed by atoms with van der Waals surface area (Å²) in [6.07, 6.45) is 9.51. The molecule has 0 unspecified atom stereocenters. The molecule has 2 aromatic rings. The Kier molecular flexibility index (Phi) is 25.9. The van der Waals surface area contributed by atoms with Crippen molar-refractivity contribution >= 4 is 62.3 Å². The van der Waals surface area contributed by atoms with E-state index in [-0.39, 0.29) is 26.6 Å².